The van der Waals surface area contributed by atoms with E-state index in [0.717, 1.165) is 3.97 Å². The van der Waals surface area contributed by atoms with E-state index in [1.54, 1.807) is 48.5 Å². The molecule has 0 saturated heterocycles. The highest BCUT2D eigenvalue weighted by molar-refractivity contribution is 7.90. The number of fused-ring (bicyclic) bond motifs is 1. The second kappa shape index (κ2) is 7.64. The lowest BCUT2D eigenvalue weighted by atomic mass is 10.1. The number of hydrogen-bond donors (Lipinski definition) is 0. The van der Waals surface area contributed by atoms with Crippen LogP contribution >= 0.6 is 0 Å². The Kier molecular flexibility index (Phi) is 5.01. The molecule has 0 N–H and O–H groups in total. The number of aromatic nitrogens is 2. The van der Waals surface area contributed by atoms with Gasteiger partial charge in [-0.25, -0.2) is 17.4 Å². The first-order valence-electron chi connectivity index (χ1n) is 9.00. The Bertz CT molecular complexity index is 1340. The summed E-state index contributed by atoms with van der Waals surface area (Å²) in [6.07, 6.45) is 1.42. The Morgan fingerprint density at radius 2 is 1.63 bits per heavy atom. The van der Waals surface area contributed by atoms with Gasteiger partial charge in [-0.1, -0.05) is 30.3 Å². The third-order valence-corrected chi connectivity index (χ3v) is 6.37. The van der Waals surface area contributed by atoms with Gasteiger partial charge in [-0.15, -0.1) is 0 Å². The number of ketones is 1. The van der Waals surface area contributed by atoms with Crippen molar-refractivity contribution >= 4 is 26.8 Å². The lowest BCUT2D eigenvalue weighted by Gasteiger charge is -2.11. The molecule has 8 heteroatoms. The third-order valence-electron chi connectivity index (χ3n) is 4.66. The number of rotatable bonds is 6. The summed E-state index contributed by atoms with van der Waals surface area (Å²) in [5, 5.41) is 0.472. The second-order valence-corrected chi connectivity index (χ2v) is 8.25. The molecule has 0 saturated carbocycles. The number of benzene rings is 2. The molecule has 0 spiro atoms. The van der Waals surface area contributed by atoms with Crippen LogP contribution in [0.5, 0.6) is 11.5 Å². The Morgan fingerprint density at radius 1 is 0.900 bits per heavy atom. The van der Waals surface area contributed by atoms with Crippen LogP contribution in [0.1, 0.15) is 16.1 Å². The fraction of sp³-hybridized carbons (Fsp3) is 0.0909. The van der Waals surface area contributed by atoms with Gasteiger partial charge in [-0.3, -0.25) is 4.79 Å². The molecule has 0 radical (unpaired) electrons. The number of hydrogen-bond acceptors (Lipinski definition) is 6. The van der Waals surface area contributed by atoms with Crippen LogP contribution in [0.4, 0.5) is 0 Å². The monoisotopic (exact) mass is 422 g/mol. The van der Waals surface area contributed by atoms with Crippen molar-refractivity contribution in [2.45, 2.75) is 4.90 Å². The maximum absolute atomic E-state index is 13.5. The largest absolute Gasteiger partial charge is 0.497 e. The SMILES string of the molecule is COc1cccc(C(=O)c2cc3cc(OC)cnc3n2S(=O)(=O)c2ccccc2)c1. The van der Waals surface area contributed by atoms with Gasteiger partial charge < -0.3 is 9.47 Å². The molecule has 0 amide bonds. The Hall–Kier alpha value is -3.65. The van der Waals surface area contributed by atoms with Crippen LogP contribution in [0.2, 0.25) is 0 Å². The zero-order valence-electron chi connectivity index (χ0n) is 16.3. The number of nitrogens with zero attached hydrogens (tertiary/aromatic N) is 2. The maximum atomic E-state index is 13.5. The van der Waals surface area contributed by atoms with Gasteiger partial charge in [0.05, 0.1) is 25.3 Å². The van der Waals surface area contributed by atoms with Crippen LogP contribution in [0.15, 0.2) is 77.8 Å². The van der Waals surface area contributed by atoms with E-state index >= 15 is 0 Å². The van der Waals surface area contributed by atoms with E-state index in [4.69, 9.17) is 9.47 Å². The van der Waals surface area contributed by atoms with E-state index in [2.05, 4.69) is 4.98 Å². The topological polar surface area (TPSA) is 87.5 Å². The standard InChI is InChI=1S/C22H18N2O5S/c1-28-17-8-6-7-15(11-17)21(25)20-13-16-12-18(29-2)14-23-22(16)24(20)30(26,27)19-9-4-3-5-10-19/h3-14H,1-2H3. The van der Waals surface area contributed by atoms with Crippen LogP contribution < -0.4 is 9.47 Å². The van der Waals surface area contributed by atoms with Gasteiger partial charge in [0.1, 0.15) is 17.2 Å². The molecule has 0 aliphatic heterocycles. The van der Waals surface area contributed by atoms with Crippen molar-refractivity contribution in [3.8, 4) is 11.5 Å². The quantitative estimate of drug-likeness (QED) is 0.442. The summed E-state index contributed by atoms with van der Waals surface area (Å²) in [6, 6.07) is 17.6. The van der Waals surface area contributed by atoms with Gasteiger partial charge in [-0.05, 0) is 36.4 Å². The van der Waals surface area contributed by atoms with Gasteiger partial charge in [0.15, 0.2) is 5.65 Å². The van der Waals surface area contributed by atoms with Gasteiger partial charge in [0.2, 0.25) is 5.78 Å². The van der Waals surface area contributed by atoms with Crippen LogP contribution in [0, 0.1) is 0 Å². The average Bonchev–Trinajstić information content (AvgIpc) is 3.18. The van der Waals surface area contributed by atoms with Crippen molar-refractivity contribution in [3.05, 3.63) is 84.2 Å². The minimum atomic E-state index is -4.08. The molecule has 0 bridgehead atoms. The number of ether oxygens (including phenoxy) is 2. The smallest absolute Gasteiger partial charge is 0.270 e. The molecule has 4 aromatic rings. The Labute approximate surface area is 173 Å². The van der Waals surface area contributed by atoms with E-state index in [-0.39, 0.29) is 16.2 Å². The fourth-order valence-corrected chi connectivity index (χ4v) is 4.66. The first-order valence-corrected chi connectivity index (χ1v) is 10.4. The highest BCUT2D eigenvalue weighted by atomic mass is 32.2. The normalized spacial score (nSPS) is 11.4. The molecule has 0 aliphatic rings. The zero-order chi connectivity index (χ0) is 21.3. The van der Waals surface area contributed by atoms with Crippen molar-refractivity contribution in [1.82, 2.24) is 8.96 Å². The predicted molar refractivity (Wildman–Crippen MR) is 112 cm³/mol. The molecule has 152 valence electrons. The zero-order valence-corrected chi connectivity index (χ0v) is 17.1. The van der Waals surface area contributed by atoms with Crippen molar-refractivity contribution in [1.29, 1.82) is 0 Å². The number of pyridine rings is 1. The molecule has 30 heavy (non-hydrogen) atoms. The predicted octanol–water partition coefficient (Wildman–Crippen LogP) is 3.52. The van der Waals surface area contributed by atoms with E-state index in [1.807, 2.05) is 0 Å². The molecular formula is C22H18N2O5S. The minimum Gasteiger partial charge on any atom is -0.497 e. The summed E-state index contributed by atoms with van der Waals surface area (Å²) in [4.78, 5) is 17.6. The molecule has 7 nitrogen and oxygen atoms in total. The Morgan fingerprint density at radius 3 is 2.33 bits per heavy atom. The van der Waals surface area contributed by atoms with Crippen molar-refractivity contribution in [2.24, 2.45) is 0 Å². The van der Waals surface area contributed by atoms with Crippen LogP contribution in [0.25, 0.3) is 11.0 Å². The molecule has 0 fully saturated rings. The van der Waals surface area contributed by atoms with Crippen LogP contribution in [0.3, 0.4) is 0 Å². The second-order valence-electron chi connectivity index (χ2n) is 6.46. The third kappa shape index (κ3) is 3.31. The highest BCUT2D eigenvalue weighted by Crippen LogP contribution is 2.29. The van der Waals surface area contributed by atoms with E-state index in [9.17, 15) is 13.2 Å². The van der Waals surface area contributed by atoms with Crippen molar-refractivity contribution in [2.75, 3.05) is 14.2 Å². The molecule has 4 rings (SSSR count). The molecule has 2 heterocycles. The summed E-state index contributed by atoms with van der Waals surface area (Å²) in [5.41, 5.74) is 0.419. The highest BCUT2D eigenvalue weighted by Gasteiger charge is 2.28. The first-order chi connectivity index (χ1) is 14.5. The van der Waals surface area contributed by atoms with Crippen LogP contribution in [-0.4, -0.2) is 37.4 Å². The maximum Gasteiger partial charge on any atom is 0.270 e. The molecular weight excluding hydrogens is 404 g/mol. The number of methoxy groups -OCH3 is 2. The molecule has 0 aliphatic carbocycles. The van der Waals surface area contributed by atoms with Crippen molar-refractivity contribution < 1.29 is 22.7 Å². The molecule has 2 aromatic heterocycles. The summed E-state index contributed by atoms with van der Waals surface area (Å²) in [6.45, 7) is 0. The molecule has 0 unspecified atom stereocenters. The van der Waals surface area contributed by atoms with Gasteiger partial charge in [-0.2, -0.15) is 0 Å². The number of carbonyl (C=O) groups excluding carboxylic acids is 1. The average molecular weight is 422 g/mol. The first kappa shape index (κ1) is 19.7. The Balaban J connectivity index is 1.99. The van der Waals surface area contributed by atoms with Crippen molar-refractivity contribution in [3.63, 3.8) is 0 Å². The van der Waals surface area contributed by atoms with Gasteiger partial charge in [0.25, 0.3) is 10.0 Å². The lowest BCUT2D eigenvalue weighted by molar-refractivity contribution is 0.103. The van der Waals surface area contributed by atoms with E-state index < -0.39 is 15.8 Å². The summed E-state index contributed by atoms with van der Waals surface area (Å²) < 4.78 is 38.3. The lowest BCUT2D eigenvalue weighted by Crippen LogP contribution is -2.19. The molecule has 0 atom stereocenters. The molecule has 2 aromatic carbocycles. The van der Waals surface area contributed by atoms with E-state index in [0.29, 0.717) is 22.4 Å². The minimum absolute atomic E-state index is 0.0251. The summed E-state index contributed by atoms with van der Waals surface area (Å²) in [5.74, 6) is 0.483. The number of carbonyl (C=O) groups is 1. The summed E-state index contributed by atoms with van der Waals surface area (Å²) >= 11 is 0. The fourth-order valence-electron chi connectivity index (χ4n) is 3.17. The van der Waals surface area contributed by atoms with Gasteiger partial charge >= 0.3 is 0 Å². The summed E-state index contributed by atoms with van der Waals surface area (Å²) in [7, 11) is -1.09. The van der Waals surface area contributed by atoms with E-state index in [1.165, 1.54) is 38.6 Å². The van der Waals surface area contributed by atoms with Gasteiger partial charge in [0, 0.05) is 10.9 Å². The van der Waals surface area contributed by atoms with Crippen LogP contribution in [-0.2, 0) is 10.0 Å².